The van der Waals surface area contributed by atoms with Crippen molar-refractivity contribution in [2.45, 2.75) is 20.0 Å². The summed E-state index contributed by atoms with van der Waals surface area (Å²) in [6.45, 7) is 3.65. The Kier molecular flexibility index (Phi) is 5.75. The highest BCUT2D eigenvalue weighted by molar-refractivity contribution is 7.14. The van der Waals surface area contributed by atoms with Gasteiger partial charge in [-0.25, -0.2) is 4.98 Å². The Bertz CT molecular complexity index is 1280. The lowest BCUT2D eigenvalue weighted by molar-refractivity contribution is -0.137. The van der Waals surface area contributed by atoms with Crippen LogP contribution in [0, 0.1) is 13.8 Å². The van der Waals surface area contributed by atoms with Crippen LogP contribution in [0.5, 0.6) is 0 Å². The molecule has 0 radical (unpaired) electrons. The number of thiazole rings is 1. The normalized spacial score (nSPS) is 11.9. The van der Waals surface area contributed by atoms with E-state index in [1.54, 1.807) is 34.2 Å². The first-order chi connectivity index (χ1) is 15.2. The van der Waals surface area contributed by atoms with E-state index in [4.69, 9.17) is 4.42 Å². The first-order valence-electron chi connectivity index (χ1n) is 9.57. The van der Waals surface area contributed by atoms with Crippen molar-refractivity contribution in [1.29, 1.82) is 0 Å². The maximum absolute atomic E-state index is 13.1. The minimum absolute atomic E-state index is 0.350. The molecule has 0 aliphatic heterocycles. The highest BCUT2D eigenvalue weighted by atomic mass is 32.1. The topological polar surface area (TPSA) is 60.1 Å². The van der Waals surface area contributed by atoms with Gasteiger partial charge in [0.05, 0.1) is 17.5 Å². The zero-order chi connectivity index (χ0) is 22.9. The highest BCUT2D eigenvalue weighted by Crippen LogP contribution is 2.34. The van der Waals surface area contributed by atoms with Gasteiger partial charge >= 0.3 is 6.18 Å². The molecular formula is C23H18F3N3O2S. The number of amides is 1. The number of hydrogen-bond donors (Lipinski definition) is 1. The summed E-state index contributed by atoms with van der Waals surface area (Å²) in [4.78, 5) is 16.6. The molecule has 0 saturated carbocycles. The molecule has 0 aliphatic rings. The van der Waals surface area contributed by atoms with Crippen LogP contribution in [0.3, 0.4) is 0 Å². The lowest BCUT2D eigenvalue weighted by Crippen LogP contribution is -2.07. The molecule has 0 bridgehead atoms. The van der Waals surface area contributed by atoms with Crippen LogP contribution >= 0.6 is 11.3 Å². The Hall–Kier alpha value is -3.59. The first kappa shape index (κ1) is 21.6. The number of hydrogen-bond acceptors (Lipinski definition) is 4. The standard InChI is InChI=1S/C23H18F3N3O2S/c1-14-11-19(15(2)29(14)17-6-3-5-16(12-17)23(24,25)26)20-13-32-22(27-20)28-21(30)9-8-18-7-4-10-31-18/h3-13H,1-2H3,(H,27,28,30)/b9-8+. The van der Waals surface area contributed by atoms with Gasteiger partial charge in [0.1, 0.15) is 5.76 Å². The van der Waals surface area contributed by atoms with Crippen molar-refractivity contribution in [3.05, 3.63) is 82.9 Å². The average molecular weight is 457 g/mol. The second kappa shape index (κ2) is 8.51. The maximum Gasteiger partial charge on any atom is 0.416 e. The average Bonchev–Trinajstić information content (AvgIpc) is 3.47. The largest absolute Gasteiger partial charge is 0.465 e. The number of alkyl halides is 3. The summed E-state index contributed by atoms with van der Waals surface area (Å²) < 4.78 is 46.3. The zero-order valence-electron chi connectivity index (χ0n) is 17.1. The second-order valence-corrected chi connectivity index (χ2v) is 7.90. The summed E-state index contributed by atoms with van der Waals surface area (Å²) in [5, 5.41) is 4.91. The molecule has 0 spiro atoms. The van der Waals surface area contributed by atoms with Crippen molar-refractivity contribution in [3.8, 4) is 16.9 Å². The van der Waals surface area contributed by atoms with Crippen LogP contribution in [0.15, 0.2) is 64.6 Å². The van der Waals surface area contributed by atoms with Crippen LogP contribution in [0.4, 0.5) is 18.3 Å². The van der Waals surface area contributed by atoms with Gasteiger partial charge in [-0.1, -0.05) is 6.07 Å². The molecule has 5 nitrogen and oxygen atoms in total. The van der Waals surface area contributed by atoms with Crippen molar-refractivity contribution in [2.24, 2.45) is 0 Å². The van der Waals surface area contributed by atoms with E-state index < -0.39 is 11.7 Å². The number of carbonyl (C=O) groups excluding carboxylic acids is 1. The monoisotopic (exact) mass is 457 g/mol. The minimum atomic E-state index is -4.42. The molecule has 164 valence electrons. The third-order valence-electron chi connectivity index (χ3n) is 4.82. The summed E-state index contributed by atoms with van der Waals surface area (Å²) in [6, 6.07) is 10.5. The maximum atomic E-state index is 13.1. The van der Waals surface area contributed by atoms with Crippen LogP contribution in [-0.4, -0.2) is 15.5 Å². The van der Waals surface area contributed by atoms with Gasteiger partial charge in [0.25, 0.3) is 0 Å². The molecule has 1 amide bonds. The molecule has 0 atom stereocenters. The van der Waals surface area contributed by atoms with Gasteiger partial charge in [-0.15, -0.1) is 11.3 Å². The molecule has 4 aromatic rings. The molecule has 0 unspecified atom stereocenters. The molecule has 9 heteroatoms. The number of rotatable bonds is 5. The summed E-state index contributed by atoms with van der Waals surface area (Å²) in [7, 11) is 0. The van der Waals surface area contributed by atoms with E-state index >= 15 is 0 Å². The Morgan fingerprint density at radius 3 is 2.72 bits per heavy atom. The SMILES string of the molecule is Cc1cc(-c2csc(NC(=O)/C=C/c3ccco3)n2)c(C)n1-c1cccc(C(F)(F)F)c1. The quantitative estimate of drug-likeness (QED) is 0.349. The van der Waals surface area contributed by atoms with Crippen LogP contribution in [0.25, 0.3) is 23.0 Å². The van der Waals surface area contributed by atoms with E-state index in [2.05, 4.69) is 10.3 Å². The summed E-state index contributed by atoms with van der Waals surface area (Å²) in [6.07, 6.45) is -0.00628. The Labute approximate surface area is 185 Å². The molecule has 3 heterocycles. The fraction of sp³-hybridized carbons (Fsp3) is 0.130. The number of aryl methyl sites for hydroxylation is 1. The van der Waals surface area contributed by atoms with Gasteiger partial charge in [0, 0.05) is 34.1 Å². The smallest absolute Gasteiger partial charge is 0.416 e. The lowest BCUT2D eigenvalue weighted by Gasteiger charge is -2.13. The second-order valence-electron chi connectivity index (χ2n) is 7.04. The Balaban J connectivity index is 1.57. The molecule has 0 aliphatic carbocycles. The number of halogens is 3. The molecule has 1 aromatic carbocycles. The van der Waals surface area contributed by atoms with Gasteiger partial charge in [-0.05, 0) is 56.3 Å². The summed E-state index contributed by atoms with van der Waals surface area (Å²) in [5.41, 5.74) is 2.66. The minimum Gasteiger partial charge on any atom is -0.465 e. The number of carbonyl (C=O) groups is 1. The lowest BCUT2D eigenvalue weighted by atomic mass is 10.2. The third kappa shape index (κ3) is 4.52. The third-order valence-corrected chi connectivity index (χ3v) is 5.57. The van der Waals surface area contributed by atoms with Gasteiger partial charge in [0.15, 0.2) is 5.13 Å². The number of furan rings is 1. The van der Waals surface area contributed by atoms with E-state index in [-0.39, 0.29) is 5.91 Å². The van der Waals surface area contributed by atoms with Crippen molar-refractivity contribution >= 4 is 28.5 Å². The number of nitrogens with one attached hydrogen (secondary N) is 1. The van der Waals surface area contributed by atoms with Gasteiger partial charge in [0.2, 0.25) is 5.91 Å². The van der Waals surface area contributed by atoms with Gasteiger partial charge in [-0.3, -0.25) is 10.1 Å². The molecule has 0 fully saturated rings. The number of aromatic nitrogens is 2. The molecular weight excluding hydrogens is 439 g/mol. The Morgan fingerprint density at radius 1 is 1.19 bits per heavy atom. The van der Waals surface area contributed by atoms with Crippen LogP contribution < -0.4 is 5.32 Å². The van der Waals surface area contributed by atoms with E-state index in [9.17, 15) is 18.0 Å². The molecule has 3 aromatic heterocycles. The van der Waals surface area contributed by atoms with E-state index in [1.165, 1.54) is 29.7 Å². The number of benzene rings is 1. The summed E-state index contributed by atoms with van der Waals surface area (Å²) >= 11 is 1.26. The molecule has 32 heavy (non-hydrogen) atoms. The van der Waals surface area contributed by atoms with Crippen molar-refractivity contribution in [1.82, 2.24) is 9.55 Å². The van der Waals surface area contributed by atoms with Crippen molar-refractivity contribution in [2.75, 3.05) is 5.32 Å². The van der Waals surface area contributed by atoms with Crippen LogP contribution in [0.2, 0.25) is 0 Å². The van der Waals surface area contributed by atoms with E-state index in [0.29, 0.717) is 22.3 Å². The van der Waals surface area contributed by atoms with Crippen molar-refractivity contribution in [3.63, 3.8) is 0 Å². The van der Waals surface area contributed by atoms with Gasteiger partial charge < -0.3 is 8.98 Å². The fourth-order valence-electron chi connectivity index (χ4n) is 3.39. The molecule has 4 rings (SSSR count). The fourth-order valence-corrected chi connectivity index (χ4v) is 4.10. The van der Waals surface area contributed by atoms with Crippen LogP contribution in [0.1, 0.15) is 22.7 Å². The van der Waals surface area contributed by atoms with Gasteiger partial charge in [-0.2, -0.15) is 13.2 Å². The zero-order valence-corrected chi connectivity index (χ0v) is 17.9. The molecule has 1 N–H and O–H groups in total. The summed E-state index contributed by atoms with van der Waals surface area (Å²) in [5.74, 6) is 0.207. The van der Waals surface area contributed by atoms with Crippen LogP contribution in [-0.2, 0) is 11.0 Å². The number of nitrogens with zero attached hydrogens (tertiary/aromatic N) is 2. The predicted molar refractivity (Wildman–Crippen MR) is 118 cm³/mol. The van der Waals surface area contributed by atoms with E-state index in [0.717, 1.165) is 29.1 Å². The predicted octanol–water partition coefficient (Wildman–Crippen LogP) is 6.48. The van der Waals surface area contributed by atoms with E-state index in [1.807, 2.05) is 19.9 Å². The first-order valence-corrected chi connectivity index (χ1v) is 10.5. The number of anilines is 1. The Morgan fingerprint density at radius 2 is 2.00 bits per heavy atom. The molecule has 0 saturated heterocycles. The van der Waals surface area contributed by atoms with Crippen molar-refractivity contribution < 1.29 is 22.4 Å². The highest BCUT2D eigenvalue weighted by Gasteiger charge is 2.30.